The van der Waals surface area contributed by atoms with Crippen molar-refractivity contribution in [1.82, 2.24) is 14.9 Å². The van der Waals surface area contributed by atoms with Gasteiger partial charge in [0.25, 0.3) is 23.1 Å². The van der Waals surface area contributed by atoms with Crippen LogP contribution in [-0.2, 0) is 9.47 Å². The maximum absolute atomic E-state index is 12.6. The lowest BCUT2D eigenvalue weighted by Gasteiger charge is -2.17. The monoisotopic (exact) mass is 571 g/mol. The second-order valence-electron chi connectivity index (χ2n) is 8.84. The van der Waals surface area contributed by atoms with Gasteiger partial charge in [-0.15, -0.1) is 0 Å². The second-order valence-corrected chi connectivity index (χ2v) is 8.84. The number of hydrogen-bond donors (Lipinski definition) is 6. The van der Waals surface area contributed by atoms with Gasteiger partial charge in [-0.2, -0.15) is 0 Å². The zero-order valence-electron chi connectivity index (χ0n) is 21.1. The highest BCUT2D eigenvalue weighted by atomic mass is 16.6. The first-order valence-electron chi connectivity index (χ1n) is 12.1. The van der Waals surface area contributed by atoms with Crippen LogP contribution >= 0.6 is 0 Å². The zero-order valence-corrected chi connectivity index (χ0v) is 21.1. The fourth-order valence-corrected chi connectivity index (χ4v) is 3.96. The van der Waals surface area contributed by atoms with E-state index in [4.69, 9.17) is 9.47 Å². The summed E-state index contributed by atoms with van der Waals surface area (Å²) in [4.78, 5) is 51.3. The number of phenolic OH excluding ortho intramolecular Hbond substituents is 2. The number of carbonyl (C=O) groups is 2. The van der Waals surface area contributed by atoms with Crippen LogP contribution in [0.5, 0.6) is 11.5 Å². The van der Waals surface area contributed by atoms with Crippen molar-refractivity contribution in [1.29, 1.82) is 0 Å². The number of aromatic nitrogens is 2. The number of benzene rings is 2. The third-order valence-electron chi connectivity index (χ3n) is 6.07. The average molecular weight is 571 g/mol. The van der Waals surface area contributed by atoms with Gasteiger partial charge in [0.2, 0.25) is 0 Å². The van der Waals surface area contributed by atoms with Gasteiger partial charge in [0, 0.05) is 24.2 Å². The topological polar surface area (TPSA) is 236 Å². The number of aromatic hydroxyl groups is 2. The summed E-state index contributed by atoms with van der Waals surface area (Å²) in [5.74, 6) is -3.07. The maximum atomic E-state index is 12.6. The molecular formula is C25H25N5O11. The summed E-state index contributed by atoms with van der Waals surface area (Å²) in [5.41, 5.74) is -1.41. The van der Waals surface area contributed by atoms with E-state index >= 15 is 0 Å². The maximum Gasteiger partial charge on any atom is 0.274 e. The minimum atomic E-state index is -1.52. The molecule has 41 heavy (non-hydrogen) atoms. The first kappa shape index (κ1) is 29.1. The number of aliphatic hydroxyl groups excluding tert-OH is 2. The molecule has 1 aromatic heterocycles. The summed E-state index contributed by atoms with van der Waals surface area (Å²) >= 11 is 0. The molecule has 0 spiro atoms. The van der Waals surface area contributed by atoms with E-state index in [2.05, 4.69) is 15.6 Å². The van der Waals surface area contributed by atoms with Gasteiger partial charge in [-0.05, 0) is 12.1 Å². The molecule has 0 saturated carbocycles. The van der Waals surface area contributed by atoms with Crippen molar-refractivity contribution in [2.24, 2.45) is 0 Å². The Morgan fingerprint density at radius 2 is 1.83 bits per heavy atom. The molecule has 1 fully saturated rings. The molecule has 1 aliphatic heterocycles. The number of aliphatic hydroxyl groups is 2. The number of nitrogens with zero attached hydrogens (tertiary/aromatic N) is 3. The van der Waals surface area contributed by atoms with Gasteiger partial charge in [0.1, 0.15) is 30.5 Å². The van der Waals surface area contributed by atoms with Gasteiger partial charge < -0.3 is 40.5 Å². The Kier molecular flexibility index (Phi) is 8.88. The highest BCUT2D eigenvalue weighted by molar-refractivity contribution is 6.03. The number of amides is 2. The molecule has 2 amide bonds. The molecule has 2 aromatic carbocycles. The summed E-state index contributed by atoms with van der Waals surface area (Å²) in [7, 11) is 0. The van der Waals surface area contributed by atoms with E-state index in [0.29, 0.717) is 11.6 Å². The summed E-state index contributed by atoms with van der Waals surface area (Å²) < 4.78 is 11.9. The molecule has 3 aromatic rings. The smallest absolute Gasteiger partial charge is 0.274 e. The number of nitro benzene ring substituents is 1. The standard InChI is InChI=1S/C25H25N5O11/c31-16-9-14(30(38)39)8-15(20(16)33)24(37)26-6-7-40-11-17-21(34)22(35)25(41-17)29-12-27-18(10-19(29)32)28-23(36)13-4-2-1-3-5-13/h1-5,8-10,12,17,21-22,25,31,33-35H,6-7,11H2,(H,26,37)(H,28,36)/t17-,21+,22-,25-/m1/s1. The third kappa shape index (κ3) is 6.64. The molecule has 4 rings (SSSR count). The lowest BCUT2D eigenvalue weighted by molar-refractivity contribution is -0.385. The normalized spacial score (nSPS) is 20.0. The molecule has 16 heteroatoms. The summed E-state index contributed by atoms with van der Waals surface area (Å²) in [6.07, 6.45) is -4.26. The van der Waals surface area contributed by atoms with Crippen molar-refractivity contribution in [2.45, 2.75) is 24.5 Å². The second kappa shape index (κ2) is 12.5. The molecule has 2 heterocycles. The van der Waals surface area contributed by atoms with Crippen LogP contribution in [0.4, 0.5) is 11.5 Å². The van der Waals surface area contributed by atoms with Gasteiger partial charge in [-0.3, -0.25) is 29.1 Å². The van der Waals surface area contributed by atoms with Gasteiger partial charge >= 0.3 is 0 Å². The van der Waals surface area contributed by atoms with Crippen molar-refractivity contribution in [3.8, 4) is 11.5 Å². The Balaban J connectivity index is 1.29. The Morgan fingerprint density at radius 1 is 1.10 bits per heavy atom. The SMILES string of the molecule is O=C(Nc1cc(=O)n([C@@H]2O[C@H](COCCNC(=O)c3cc([N+](=O)[O-])cc(O)c3O)[C@H](O)[C@H]2O)cn1)c1ccccc1. The molecule has 6 N–H and O–H groups in total. The summed E-state index contributed by atoms with van der Waals surface area (Å²) in [6, 6.07) is 10.8. The van der Waals surface area contributed by atoms with Crippen molar-refractivity contribution in [3.05, 3.63) is 86.5 Å². The predicted molar refractivity (Wildman–Crippen MR) is 138 cm³/mol. The first-order chi connectivity index (χ1) is 19.6. The number of phenols is 2. The third-order valence-corrected chi connectivity index (χ3v) is 6.07. The van der Waals surface area contributed by atoms with Crippen LogP contribution in [0.15, 0.2) is 59.7 Å². The zero-order chi connectivity index (χ0) is 29.7. The lowest BCUT2D eigenvalue weighted by Crippen LogP contribution is -2.36. The van der Waals surface area contributed by atoms with Crippen molar-refractivity contribution < 1.29 is 44.4 Å². The van der Waals surface area contributed by atoms with Crippen molar-refractivity contribution in [3.63, 3.8) is 0 Å². The van der Waals surface area contributed by atoms with E-state index in [1.54, 1.807) is 30.3 Å². The minimum Gasteiger partial charge on any atom is -0.504 e. The number of anilines is 1. The molecule has 0 bridgehead atoms. The summed E-state index contributed by atoms with van der Waals surface area (Å²) in [6.45, 7) is -0.505. The minimum absolute atomic E-state index is 0.0243. The number of hydrogen-bond acceptors (Lipinski definition) is 12. The highest BCUT2D eigenvalue weighted by Gasteiger charge is 2.44. The quantitative estimate of drug-likeness (QED) is 0.0809. The number of nitrogens with one attached hydrogen (secondary N) is 2. The number of non-ortho nitro benzene ring substituents is 1. The first-order valence-corrected chi connectivity index (χ1v) is 12.1. The molecular weight excluding hydrogens is 546 g/mol. The summed E-state index contributed by atoms with van der Waals surface area (Å²) in [5, 5.41) is 56.0. The van der Waals surface area contributed by atoms with E-state index in [0.717, 1.165) is 23.0 Å². The Labute approximate surface area is 230 Å². The Bertz CT molecular complexity index is 1500. The predicted octanol–water partition coefficient (Wildman–Crippen LogP) is -0.119. The van der Waals surface area contributed by atoms with E-state index in [-0.39, 0.29) is 25.6 Å². The average Bonchev–Trinajstić information content (AvgIpc) is 3.23. The van der Waals surface area contributed by atoms with Gasteiger partial charge in [0.15, 0.2) is 17.7 Å². The van der Waals surface area contributed by atoms with Crippen LogP contribution in [0.1, 0.15) is 26.9 Å². The van der Waals surface area contributed by atoms with Crippen molar-refractivity contribution >= 4 is 23.3 Å². The number of carbonyl (C=O) groups excluding carboxylic acids is 2. The van der Waals surface area contributed by atoms with Crippen LogP contribution in [0.2, 0.25) is 0 Å². The number of ether oxygens (including phenoxy) is 2. The number of nitro groups is 1. The van der Waals surface area contributed by atoms with E-state index in [1.165, 1.54) is 0 Å². The molecule has 16 nitrogen and oxygen atoms in total. The van der Waals surface area contributed by atoms with E-state index in [1.807, 2.05) is 0 Å². The molecule has 1 saturated heterocycles. The molecule has 4 atom stereocenters. The van der Waals surface area contributed by atoms with Gasteiger partial charge in [-0.1, -0.05) is 18.2 Å². The van der Waals surface area contributed by atoms with Crippen LogP contribution in [0.25, 0.3) is 0 Å². The van der Waals surface area contributed by atoms with Crippen LogP contribution < -0.4 is 16.2 Å². The Hall–Kier alpha value is -4.90. The van der Waals surface area contributed by atoms with Crippen LogP contribution in [-0.4, -0.2) is 84.8 Å². The number of rotatable bonds is 10. The molecule has 0 aliphatic carbocycles. The molecule has 0 radical (unpaired) electrons. The van der Waals surface area contributed by atoms with Crippen LogP contribution in [0.3, 0.4) is 0 Å². The van der Waals surface area contributed by atoms with E-state index in [9.17, 15) is 44.9 Å². The highest BCUT2D eigenvalue weighted by Crippen LogP contribution is 2.33. The van der Waals surface area contributed by atoms with E-state index < -0.39 is 69.6 Å². The van der Waals surface area contributed by atoms with Gasteiger partial charge in [-0.25, -0.2) is 4.98 Å². The molecule has 0 unspecified atom stereocenters. The fourth-order valence-electron chi connectivity index (χ4n) is 3.96. The largest absolute Gasteiger partial charge is 0.504 e. The van der Waals surface area contributed by atoms with Crippen LogP contribution in [0, 0.1) is 10.1 Å². The fraction of sp³-hybridized carbons (Fsp3) is 0.280. The Morgan fingerprint density at radius 3 is 2.51 bits per heavy atom. The van der Waals surface area contributed by atoms with Crippen molar-refractivity contribution in [2.75, 3.05) is 25.1 Å². The molecule has 216 valence electrons. The lowest BCUT2D eigenvalue weighted by atomic mass is 10.1. The molecule has 1 aliphatic rings. The van der Waals surface area contributed by atoms with Gasteiger partial charge in [0.05, 0.1) is 29.8 Å².